The SMILES string of the molecule is Cc1nc(S(N)(=O)=O)c(OC(F)(F)F)cc1[N+](=O)[O-]. The summed E-state index contributed by atoms with van der Waals surface area (Å²) in [5.74, 6) is -1.35. The van der Waals surface area contributed by atoms with E-state index in [0.29, 0.717) is 6.07 Å². The van der Waals surface area contributed by atoms with Gasteiger partial charge in [-0.25, -0.2) is 18.5 Å². The molecule has 0 saturated carbocycles. The Labute approximate surface area is 104 Å². The van der Waals surface area contributed by atoms with E-state index >= 15 is 0 Å². The fourth-order valence-corrected chi connectivity index (χ4v) is 1.79. The molecule has 2 N–H and O–H groups in total. The molecule has 0 amide bonds. The van der Waals surface area contributed by atoms with Crippen molar-refractivity contribution in [3.05, 3.63) is 21.9 Å². The van der Waals surface area contributed by atoms with Crippen LogP contribution in [0.1, 0.15) is 5.69 Å². The van der Waals surface area contributed by atoms with E-state index in [4.69, 9.17) is 0 Å². The molecule has 12 heteroatoms. The average Bonchev–Trinajstić information content (AvgIpc) is 2.15. The van der Waals surface area contributed by atoms with E-state index in [9.17, 15) is 31.7 Å². The van der Waals surface area contributed by atoms with Gasteiger partial charge in [0.1, 0.15) is 5.69 Å². The molecule has 8 nitrogen and oxygen atoms in total. The fourth-order valence-electron chi connectivity index (χ4n) is 1.14. The summed E-state index contributed by atoms with van der Waals surface area (Å²) in [4.78, 5) is 12.7. The molecule has 0 atom stereocenters. The largest absolute Gasteiger partial charge is 0.573 e. The van der Waals surface area contributed by atoms with Gasteiger partial charge in [0.25, 0.3) is 15.7 Å². The van der Waals surface area contributed by atoms with Crippen LogP contribution in [-0.2, 0) is 10.0 Å². The number of hydrogen-bond acceptors (Lipinski definition) is 6. The van der Waals surface area contributed by atoms with Crippen LogP contribution in [0.2, 0.25) is 0 Å². The van der Waals surface area contributed by atoms with E-state index in [1.54, 1.807) is 0 Å². The number of aromatic nitrogens is 1. The molecule has 0 spiro atoms. The summed E-state index contributed by atoms with van der Waals surface area (Å²) in [5, 5.41) is 14.0. The number of sulfonamides is 1. The number of aryl methyl sites for hydroxylation is 1. The monoisotopic (exact) mass is 301 g/mol. The third-order valence-electron chi connectivity index (χ3n) is 1.81. The number of pyridine rings is 1. The molecule has 0 bridgehead atoms. The molecule has 0 aliphatic carbocycles. The maximum atomic E-state index is 12.1. The van der Waals surface area contributed by atoms with Crippen LogP contribution >= 0.6 is 0 Å². The average molecular weight is 301 g/mol. The van der Waals surface area contributed by atoms with Crippen molar-refractivity contribution in [1.29, 1.82) is 0 Å². The highest BCUT2D eigenvalue weighted by molar-refractivity contribution is 7.89. The van der Waals surface area contributed by atoms with Crippen molar-refractivity contribution in [3.63, 3.8) is 0 Å². The maximum Gasteiger partial charge on any atom is 0.573 e. The van der Waals surface area contributed by atoms with Gasteiger partial charge in [0.2, 0.25) is 5.03 Å². The summed E-state index contributed by atoms with van der Waals surface area (Å²) in [7, 11) is -4.63. The minimum atomic E-state index is -5.25. The Morgan fingerprint density at radius 2 is 2.00 bits per heavy atom. The van der Waals surface area contributed by atoms with Crippen LogP contribution in [0.3, 0.4) is 0 Å². The van der Waals surface area contributed by atoms with Crippen molar-refractivity contribution < 1.29 is 31.2 Å². The molecule has 106 valence electrons. The lowest BCUT2D eigenvalue weighted by atomic mass is 10.3. The van der Waals surface area contributed by atoms with Gasteiger partial charge in [0.05, 0.1) is 11.0 Å². The van der Waals surface area contributed by atoms with Crippen LogP contribution in [0, 0.1) is 17.0 Å². The lowest BCUT2D eigenvalue weighted by molar-refractivity contribution is -0.386. The zero-order chi connectivity index (χ0) is 15.0. The van der Waals surface area contributed by atoms with E-state index in [-0.39, 0.29) is 0 Å². The minimum Gasteiger partial charge on any atom is -0.402 e. The van der Waals surface area contributed by atoms with Crippen LogP contribution in [-0.4, -0.2) is 24.7 Å². The highest BCUT2D eigenvalue weighted by Crippen LogP contribution is 2.32. The molecule has 1 rings (SSSR count). The van der Waals surface area contributed by atoms with Crippen LogP contribution in [0.25, 0.3) is 0 Å². The van der Waals surface area contributed by atoms with Gasteiger partial charge in [-0.1, -0.05) is 0 Å². The van der Waals surface area contributed by atoms with Gasteiger partial charge in [0, 0.05) is 0 Å². The smallest absolute Gasteiger partial charge is 0.402 e. The van der Waals surface area contributed by atoms with Crippen molar-refractivity contribution in [1.82, 2.24) is 4.98 Å². The standard InChI is InChI=1S/C7H6F3N3O5S/c1-3-4(13(14)15)2-5(18-7(8,9)10)6(12-3)19(11,16)17/h2H,1H3,(H2,11,16,17). The summed E-state index contributed by atoms with van der Waals surface area (Å²) in [6.45, 7) is 1.05. The molecule has 0 aromatic carbocycles. The number of rotatable bonds is 3. The summed E-state index contributed by atoms with van der Waals surface area (Å²) < 4.78 is 61.8. The Morgan fingerprint density at radius 3 is 2.37 bits per heavy atom. The van der Waals surface area contributed by atoms with Crippen LogP contribution in [0.4, 0.5) is 18.9 Å². The van der Waals surface area contributed by atoms with Gasteiger partial charge in [-0.05, 0) is 6.92 Å². The highest BCUT2D eigenvalue weighted by atomic mass is 32.2. The molecule has 0 aliphatic heterocycles. The fraction of sp³-hybridized carbons (Fsp3) is 0.286. The van der Waals surface area contributed by atoms with Crippen molar-refractivity contribution in [2.24, 2.45) is 5.14 Å². The number of halogens is 3. The van der Waals surface area contributed by atoms with Gasteiger partial charge < -0.3 is 4.74 Å². The molecule has 0 unspecified atom stereocenters. The first kappa shape index (κ1) is 15.1. The number of ether oxygens (including phenoxy) is 1. The lowest BCUT2D eigenvalue weighted by Gasteiger charge is -2.11. The second-order valence-corrected chi connectivity index (χ2v) is 4.72. The number of nitro groups is 1. The number of hydrogen-bond donors (Lipinski definition) is 1. The molecular formula is C7H6F3N3O5S. The van der Waals surface area contributed by atoms with Crippen molar-refractivity contribution in [3.8, 4) is 5.75 Å². The van der Waals surface area contributed by atoms with Crippen LogP contribution in [0.5, 0.6) is 5.75 Å². The van der Waals surface area contributed by atoms with Crippen LogP contribution < -0.4 is 9.88 Å². The van der Waals surface area contributed by atoms with E-state index in [2.05, 4.69) is 14.9 Å². The lowest BCUT2D eigenvalue weighted by Crippen LogP contribution is -2.22. The summed E-state index contributed by atoms with van der Waals surface area (Å²) in [5.41, 5.74) is -1.24. The van der Waals surface area contributed by atoms with E-state index in [1.807, 2.05) is 0 Å². The Kier molecular flexibility index (Phi) is 3.67. The molecule has 0 aliphatic rings. The van der Waals surface area contributed by atoms with E-state index in [1.165, 1.54) is 0 Å². The molecule has 1 aromatic heterocycles. The van der Waals surface area contributed by atoms with Crippen LogP contribution in [0.15, 0.2) is 11.1 Å². The normalized spacial score (nSPS) is 12.3. The second kappa shape index (κ2) is 4.62. The number of nitrogens with zero attached hydrogens (tertiary/aromatic N) is 2. The molecule has 1 heterocycles. The zero-order valence-corrected chi connectivity index (χ0v) is 9.95. The van der Waals surface area contributed by atoms with E-state index in [0.717, 1.165) is 6.92 Å². The third kappa shape index (κ3) is 3.75. The van der Waals surface area contributed by atoms with E-state index < -0.39 is 43.5 Å². The quantitative estimate of drug-likeness (QED) is 0.651. The van der Waals surface area contributed by atoms with Gasteiger partial charge in [-0.15, -0.1) is 13.2 Å². The highest BCUT2D eigenvalue weighted by Gasteiger charge is 2.35. The summed E-state index contributed by atoms with van der Waals surface area (Å²) in [6.07, 6.45) is -5.25. The molecule has 0 saturated heterocycles. The first-order valence-electron chi connectivity index (χ1n) is 4.36. The van der Waals surface area contributed by atoms with Gasteiger partial charge >= 0.3 is 6.36 Å². The van der Waals surface area contributed by atoms with Gasteiger partial charge in [-0.3, -0.25) is 10.1 Å². The molecule has 0 fully saturated rings. The summed E-state index contributed by atoms with van der Waals surface area (Å²) in [6, 6.07) is 0.301. The number of alkyl halides is 3. The zero-order valence-electron chi connectivity index (χ0n) is 9.13. The molecule has 1 aromatic rings. The molecular weight excluding hydrogens is 295 g/mol. The maximum absolute atomic E-state index is 12.1. The second-order valence-electron chi connectivity index (χ2n) is 3.25. The predicted octanol–water partition coefficient (Wildman–Crippen LogP) is 0.844. The Hall–Kier alpha value is -1.95. The third-order valence-corrected chi connectivity index (χ3v) is 2.64. The van der Waals surface area contributed by atoms with Crippen molar-refractivity contribution >= 4 is 15.7 Å². The Morgan fingerprint density at radius 1 is 1.47 bits per heavy atom. The molecule has 19 heavy (non-hydrogen) atoms. The van der Waals surface area contributed by atoms with Gasteiger partial charge in [-0.2, -0.15) is 0 Å². The first-order valence-corrected chi connectivity index (χ1v) is 5.91. The van der Waals surface area contributed by atoms with Gasteiger partial charge in [0.15, 0.2) is 5.75 Å². The Balaban J connectivity index is 3.56. The first-order chi connectivity index (χ1) is 8.42. The summed E-state index contributed by atoms with van der Waals surface area (Å²) >= 11 is 0. The number of nitrogens with two attached hydrogens (primary N) is 1. The van der Waals surface area contributed by atoms with Crippen molar-refractivity contribution in [2.75, 3.05) is 0 Å². The van der Waals surface area contributed by atoms with Crippen molar-refractivity contribution in [2.45, 2.75) is 18.3 Å². The topological polar surface area (TPSA) is 125 Å². The Bertz CT molecular complexity index is 628. The molecule has 0 radical (unpaired) electrons. The minimum absolute atomic E-state index is 0.301. The predicted molar refractivity (Wildman–Crippen MR) is 53.7 cm³/mol. The number of primary sulfonamides is 1.